The van der Waals surface area contributed by atoms with Crippen LogP contribution in [0.2, 0.25) is 0 Å². The van der Waals surface area contributed by atoms with Crippen molar-refractivity contribution >= 4 is 12.4 Å². The molecule has 2 rings (SSSR count). The van der Waals surface area contributed by atoms with Gasteiger partial charge in [0.2, 0.25) is 5.88 Å². The van der Waals surface area contributed by atoms with E-state index in [-0.39, 0.29) is 18.5 Å². The fourth-order valence-corrected chi connectivity index (χ4v) is 1.85. The van der Waals surface area contributed by atoms with Crippen LogP contribution in [0.5, 0.6) is 5.88 Å². The highest BCUT2D eigenvalue weighted by molar-refractivity contribution is 5.85. The van der Waals surface area contributed by atoms with Gasteiger partial charge >= 0.3 is 0 Å². The fraction of sp³-hybridized carbons (Fsp3) is 0.500. The van der Waals surface area contributed by atoms with Crippen molar-refractivity contribution in [1.82, 2.24) is 10.3 Å². The molecule has 0 unspecified atom stereocenters. The maximum Gasteiger partial charge on any atom is 0.215 e. The number of nitriles is 1. The summed E-state index contributed by atoms with van der Waals surface area (Å²) in [5.41, 5.74) is 1.42. The Morgan fingerprint density at radius 1 is 1.53 bits per heavy atom. The Kier molecular flexibility index (Phi) is 5.20. The van der Waals surface area contributed by atoms with E-state index in [9.17, 15) is 0 Å². The van der Waals surface area contributed by atoms with Crippen molar-refractivity contribution in [3.8, 4) is 11.9 Å². The van der Waals surface area contributed by atoms with Crippen LogP contribution in [0.4, 0.5) is 0 Å². The molecule has 0 bridgehead atoms. The molecule has 0 aliphatic carbocycles. The first-order valence-corrected chi connectivity index (χ1v) is 5.54. The van der Waals surface area contributed by atoms with E-state index in [1.54, 1.807) is 12.1 Å². The molecule has 5 heteroatoms. The standard InChI is InChI=1S/C12H15N3O.ClH/c1-9-5-10(7-13)6-12(15-9)16-11-3-2-4-14-8-11;/h5-6,11,14H,2-4,8H2,1H3;1H/t11-;/m1./s1. The van der Waals surface area contributed by atoms with Crippen LogP contribution >= 0.6 is 12.4 Å². The molecule has 0 aromatic carbocycles. The van der Waals surface area contributed by atoms with Gasteiger partial charge in [-0.3, -0.25) is 0 Å². The molecule has 1 aliphatic heterocycles. The minimum atomic E-state index is 0. The van der Waals surface area contributed by atoms with Crippen LogP contribution < -0.4 is 10.1 Å². The number of rotatable bonds is 2. The third kappa shape index (κ3) is 3.88. The van der Waals surface area contributed by atoms with Gasteiger partial charge in [0.25, 0.3) is 0 Å². The first-order valence-electron chi connectivity index (χ1n) is 5.54. The summed E-state index contributed by atoms with van der Waals surface area (Å²) in [5.74, 6) is 0.560. The van der Waals surface area contributed by atoms with Gasteiger partial charge in [-0.1, -0.05) is 0 Å². The smallest absolute Gasteiger partial charge is 0.215 e. The minimum absolute atomic E-state index is 0. The zero-order valence-corrected chi connectivity index (χ0v) is 10.6. The van der Waals surface area contributed by atoms with Crippen LogP contribution in [-0.2, 0) is 0 Å². The molecule has 1 aliphatic rings. The van der Waals surface area contributed by atoms with Crippen molar-refractivity contribution in [2.75, 3.05) is 13.1 Å². The zero-order chi connectivity index (χ0) is 11.4. The van der Waals surface area contributed by atoms with Gasteiger partial charge in [0.05, 0.1) is 11.6 Å². The highest BCUT2D eigenvalue weighted by Gasteiger charge is 2.15. The van der Waals surface area contributed by atoms with Gasteiger partial charge in [-0.15, -0.1) is 12.4 Å². The van der Waals surface area contributed by atoms with Crippen molar-refractivity contribution in [2.24, 2.45) is 0 Å². The molecule has 0 saturated carbocycles. The lowest BCUT2D eigenvalue weighted by molar-refractivity contribution is 0.160. The average molecular weight is 254 g/mol. The van der Waals surface area contributed by atoms with Crippen LogP contribution in [-0.4, -0.2) is 24.2 Å². The van der Waals surface area contributed by atoms with Gasteiger partial charge in [-0.2, -0.15) is 5.26 Å². The normalized spacial score (nSPS) is 18.9. The third-order valence-corrected chi connectivity index (χ3v) is 2.60. The van der Waals surface area contributed by atoms with E-state index in [0.717, 1.165) is 31.6 Å². The fourth-order valence-electron chi connectivity index (χ4n) is 1.85. The molecule has 4 nitrogen and oxygen atoms in total. The molecular formula is C12H16ClN3O. The molecule has 0 spiro atoms. The summed E-state index contributed by atoms with van der Waals surface area (Å²) < 4.78 is 5.75. The van der Waals surface area contributed by atoms with E-state index >= 15 is 0 Å². The van der Waals surface area contributed by atoms with E-state index in [0.29, 0.717) is 11.4 Å². The molecule has 0 radical (unpaired) electrons. The summed E-state index contributed by atoms with van der Waals surface area (Å²) in [4.78, 5) is 4.27. The Bertz CT molecular complexity index is 411. The molecular weight excluding hydrogens is 238 g/mol. The highest BCUT2D eigenvalue weighted by Crippen LogP contribution is 2.15. The molecule has 1 atom stereocenters. The molecule has 1 aromatic heterocycles. The molecule has 1 fully saturated rings. The number of aryl methyl sites for hydroxylation is 1. The second-order valence-corrected chi connectivity index (χ2v) is 4.03. The third-order valence-electron chi connectivity index (χ3n) is 2.60. The minimum Gasteiger partial charge on any atom is -0.473 e. The Hall–Kier alpha value is -1.31. The lowest BCUT2D eigenvalue weighted by Gasteiger charge is -2.23. The quantitative estimate of drug-likeness (QED) is 0.874. The number of piperidine rings is 1. The van der Waals surface area contributed by atoms with Crippen molar-refractivity contribution in [2.45, 2.75) is 25.9 Å². The van der Waals surface area contributed by atoms with Crippen LogP contribution in [0, 0.1) is 18.3 Å². The van der Waals surface area contributed by atoms with Gasteiger partial charge in [0, 0.05) is 18.3 Å². The molecule has 1 aromatic rings. The number of ether oxygens (including phenoxy) is 1. The summed E-state index contributed by atoms with van der Waals surface area (Å²) in [5, 5.41) is 12.1. The molecule has 92 valence electrons. The number of hydrogen-bond acceptors (Lipinski definition) is 4. The Morgan fingerprint density at radius 3 is 3.00 bits per heavy atom. The SMILES string of the molecule is Cc1cc(C#N)cc(O[C@@H]2CCCNC2)n1.Cl. The van der Waals surface area contributed by atoms with E-state index in [1.165, 1.54) is 0 Å². The van der Waals surface area contributed by atoms with Crippen molar-refractivity contribution in [3.63, 3.8) is 0 Å². The van der Waals surface area contributed by atoms with Gasteiger partial charge in [-0.05, 0) is 32.4 Å². The predicted octanol–water partition coefficient (Wildman–Crippen LogP) is 1.81. The lowest BCUT2D eigenvalue weighted by atomic mass is 10.1. The van der Waals surface area contributed by atoms with Crippen molar-refractivity contribution in [1.29, 1.82) is 5.26 Å². The van der Waals surface area contributed by atoms with Gasteiger partial charge in [0.1, 0.15) is 6.10 Å². The number of halogens is 1. The maximum atomic E-state index is 8.85. The second-order valence-electron chi connectivity index (χ2n) is 4.03. The van der Waals surface area contributed by atoms with Gasteiger partial charge in [0.15, 0.2) is 0 Å². The molecule has 2 heterocycles. The van der Waals surface area contributed by atoms with Gasteiger partial charge < -0.3 is 10.1 Å². The van der Waals surface area contributed by atoms with Crippen molar-refractivity contribution < 1.29 is 4.74 Å². The largest absolute Gasteiger partial charge is 0.473 e. The Balaban J connectivity index is 0.00000144. The zero-order valence-electron chi connectivity index (χ0n) is 9.77. The summed E-state index contributed by atoms with van der Waals surface area (Å²) in [7, 11) is 0. The van der Waals surface area contributed by atoms with Crippen LogP contribution in [0.3, 0.4) is 0 Å². The number of nitrogens with one attached hydrogen (secondary N) is 1. The summed E-state index contributed by atoms with van der Waals surface area (Å²) in [6.45, 7) is 3.79. The van der Waals surface area contributed by atoms with E-state index in [1.807, 2.05) is 6.92 Å². The second kappa shape index (κ2) is 6.43. The number of nitrogens with zero attached hydrogens (tertiary/aromatic N) is 2. The molecule has 17 heavy (non-hydrogen) atoms. The van der Waals surface area contributed by atoms with Crippen molar-refractivity contribution in [3.05, 3.63) is 23.4 Å². The first-order chi connectivity index (χ1) is 7.78. The van der Waals surface area contributed by atoms with Crippen LogP contribution in [0.1, 0.15) is 24.1 Å². The van der Waals surface area contributed by atoms with Crippen LogP contribution in [0.15, 0.2) is 12.1 Å². The van der Waals surface area contributed by atoms with E-state index in [4.69, 9.17) is 10.00 Å². The molecule has 0 amide bonds. The Labute approximate surface area is 107 Å². The maximum absolute atomic E-state index is 8.85. The lowest BCUT2D eigenvalue weighted by Crippen LogP contribution is -2.37. The number of hydrogen-bond donors (Lipinski definition) is 1. The van der Waals surface area contributed by atoms with E-state index in [2.05, 4.69) is 16.4 Å². The highest BCUT2D eigenvalue weighted by atomic mass is 35.5. The topological polar surface area (TPSA) is 57.9 Å². The monoisotopic (exact) mass is 253 g/mol. The average Bonchev–Trinajstić information content (AvgIpc) is 2.29. The van der Waals surface area contributed by atoms with E-state index < -0.39 is 0 Å². The summed E-state index contributed by atoms with van der Waals surface area (Å²) in [6, 6.07) is 5.56. The number of aromatic nitrogens is 1. The molecule has 1 N–H and O–H groups in total. The van der Waals surface area contributed by atoms with Gasteiger partial charge in [-0.25, -0.2) is 4.98 Å². The predicted molar refractivity (Wildman–Crippen MR) is 67.5 cm³/mol. The summed E-state index contributed by atoms with van der Waals surface area (Å²) in [6.07, 6.45) is 2.35. The number of pyridine rings is 1. The summed E-state index contributed by atoms with van der Waals surface area (Å²) >= 11 is 0. The Morgan fingerprint density at radius 2 is 2.35 bits per heavy atom. The van der Waals surface area contributed by atoms with Crippen LogP contribution in [0.25, 0.3) is 0 Å². The first kappa shape index (κ1) is 13.8. The molecule has 1 saturated heterocycles.